The Bertz CT molecular complexity index is 531. The first-order valence-corrected chi connectivity index (χ1v) is 10.8. The summed E-state index contributed by atoms with van der Waals surface area (Å²) in [6.07, 6.45) is 5.67. The zero-order chi connectivity index (χ0) is 17.2. The van der Waals surface area contributed by atoms with E-state index < -0.39 is 10.0 Å². The lowest BCUT2D eigenvalue weighted by Crippen LogP contribution is -2.46. The summed E-state index contributed by atoms with van der Waals surface area (Å²) in [5.74, 6) is 0.273. The molecular formula is C16H28N2O5S. The summed E-state index contributed by atoms with van der Waals surface area (Å²) in [4.78, 5) is 14.3. The summed E-state index contributed by atoms with van der Waals surface area (Å²) in [6, 6.07) is 0. The number of hydrogen-bond donors (Lipinski definition) is 0. The smallest absolute Gasteiger partial charge is 0.228 e. The predicted octanol–water partition coefficient (Wildman–Crippen LogP) is 0.455. The lowest BCUT2D eigenvalue weighted by atomic mass is 10.0. The first-order chi connectivity index (χ1) is 11.4. The molecule has 1 amide bonds. The molecule has 0 saturated carbocycles. The van der Waals surface area contributed by atoms with E-state index in [4.69, 9.17) is 9.47 Å². The minimum absolute atomic E-state index is 0.0442. The highest BCUT2D eigenvalue weighted by Gasteiger charge is 2.32. The van der Waals surface area contributed by atoms with E-state index in [1.54, 1.807) is 0 Å². The number of carbonyl (C=O) groups is 1. The molecule has 3 rings (SSSR count). The molecule has 3 aliphatic heterocycles. The van der Waals surface area contributed by atoms with E-state index in [1.165, 1.54) is 10.6 Å². The van der Waals surface area contributed by atoms with Crippen molar-refractivity contribution in [1.82, 2.24) is 9.21 Å². The van der Waals surface area contributed by atoms with Gasteiger partial charge in [0.05, 0.1) is 31.0 Å². The zero-order valence-electron chi connectivity index (χ0n) is 14.4. The lowest BCUT2D eigenvalue weighted by molar-refractivity contribution is -0.139. The number of hydrogen-bond acceptors (Lipinski definition) is 5. The molecule has 0 aliphatic carbocycles. The Labute approximate surface area is 144 Å². The quantitative estimate of drug-likeness (QED) is 0.728. The fourth-order valence-corrected chi connectivity index (χ4v) is 4.65. The third kappa shape index (κ3) is 4.47. The van der Waals surface area contributed by atoms with Crippen LogP contribution in [0, 0.1) is 5.92 Å². The molecule has 0 N–H and O–H groups in total. The van der Waals surface area contributed by atoms with Gasteiger partial charge in [-0.2, -0.15) is 0 Å². The van der Waals surface area contributed by atoms with E-state index in [0.717, 1.165) is 45.2 Å². The molecule has 3 aliphatic rings. The summed E-state index contributed by atoms with van der Waals surface area (Å²) in [7, 11) is -3.08. The van der Waals surface area contributed by atoms with Gasteiger partial charge in [0, 0.05) is 32.8 Å². The zero-order valence-corrected chi connectivity index (χ0v) is 15.2. The third-order valence-electron chi connectivity index (χ3n) is 5.29. The van der Waals surface area contributed by atoms with Gasteiger partial charge >= 0.3 is 0 Å². The second-order valence-corrected chi connectivity index (χ2v) is 9.07. The molecule has 3 fully saturated rings. The van der Waals surface area contributed by atoms with Crippen molar-refractivity contribution in [2.24, 2.45) is 5.92 Å². The van der Waals surface area contributed by atoms with Crippen LogP contribution in [-0.4, -0.2) is 81.4 Å². The minimum atomic E-state index is -3.08. The summed E-state index contributed by atoms with van der Waals surface area (Å²) in [6.45, 7) is 3.85. The number of sulfonamides is 1. The van der Waals surface area contributed by atoms with Crippen molar-refractivity contribution in [3.05, 3.63) is 0 Å². The number of carbonyl (C=O) groups excluding carboxylic acids is 1. The van der Waals surface area contributed by atoms with Crippen LogP contribution in [0.15, 0.2) is 0 Å². The van der Waals surface area contributed by atoms with Crippen LogP contribution in [0.5, 0.6) is 0 Å². The van der Waals surface area contributed by atoms with Crippen molar-refractivity contribution in [3.63, 3.8) is 0 Å². The van der Waals surface area contributed by atoms with Crippen LogP contribution in [-0.2, 0) is 24.3 Å². The Hall–Kier alpha value is -0.700. The van der Waals surface area contributed by atoms with E-state index in [0.29, 0.717) is 26.3 Å². The van der Waals surface area contributed by atoms with E-state index >= 15 is 0 Å². The van der Waals surface area contributed by atoms with Crippen molar-refractivity contribution in [2.45, 2.75) is 44.3 Å². The van der Waals surface area contributed by atoms with Gasteiger partial charge in [-0.05, 0) is 32.1 Å². The van der Waals surface area contributed by atoms with Gasteiger partial charge in [0.15, 0.2) is 0 Å². The van der Waals surface area contributed by atoms with Gasteiger partial charge in [-0.3, -0.25) is 4.79 Å². The van der Waals surface area contributed by atoms with E-state index in [9.17, 15) is 13.2 Å². The normalized spacial score (nSPS) is 28.4. The van der Waals surface area contributed by atoms with Crippen LogP contribution >= 0.6 is 0 Å². The second kappa shape index (κ2) is 7.68. The van der Waals surface area contributed by atoms with Gasteiger partial charge in [-0.15, -0.1) is 0 Å². The number of likely N-dealkylation sites (tertiary alicyclic amines) is 1. The molecule has 1 atom stereocenters. The van der Waals surface area contributed by atoms with Gasteiger partial charge in [0.1, 0.15) is 0 Å². The highest BCUT2D eigenvalue weighted by molar-refractivity contribution is 7.88. The number of ether oxygens (including phenoxy) is 2. The molecular weight excluding hydrogens is 332 g/mol. The SMILES string of the molecule is CS(=O)(=O)N1CCC(OC2CCN(C(=O)C3CCOC3)CC2)CC1. The first-order valence-electron chi connectivity index (χ1n) is 8.90. The largest absolute Gasteiger partial charge is 0.381 e. The lowest BCUT2D eigenvalue weighted by Gasteiger charge is -2.37. The maximum atomic E-state index is 12.4. The van der Waals surface area contributed by atoms with Gasteiger partial charge in [-0.1, -0.05) is 0 Å². The fraction of sp³-hybridized carbons (Fsp3) is 0.938. The molecule has 0 spiro atoms. The van der Waals surface area contributed by atoms with Crippen molar-refractivity contribution < 1.29 is 22.7 Å². The van der Waals surface area contributed by atoms with Crippen molar-refractivity contribution in [1.29, 1.82) is 0 Å². The topological polar surface area (TPSA) is 76.2 Å². The highest BCUT2D eigenvalue weighted by Crippen LogP contribution is 2.24. The Morgan fingerprint density at radius 1 is 1.00 bits per heavy atom. The van der Waals surface area contributed by atoms with Crippen molar-refractivity contribution >= 4 is 15.9 Å². The molecule has 24 heavy (non-hydrogen) atoms. The highest BCUT2D eigenvalue weighted by atomic mass is 32.2. The predicted molar refractivity (Wildman–Crippen MR) is 89.1 cm³/mol. The van der Waals surface area contributed by atoms with Crippen molar-refractivity contribution in [2.75, 3.05) is 45.6 Å². The van der Waals surface area contributed by atoms with Crippen LogP contribution in [0.2, 0.25) is 0 Å². The van der Waals surface area contributed by atoms with E-state index in [-0.39, 0.29) is 24.0 Å². The van der Waals surface area contributed by atoms with Crippen LogP contribution in [0.1, 0.15) is 32.1 Å². The summed E-state index contributed by atoms with van der Waals surface area (Å²) < 4.78 is 36.1. The number of amides is 1. The summed E-state index contributed by atoms with van der Waals surface area (Å²) in [5.41, 5.74) is 0. The van der Waals surface area contributed by atoms with E-state index in [2.05, 4.69) is 0 Å². The Morgan fingerprint density at radius 2 is 1.58 bits per heavy atom. The van der Waals surface area contributed by atoms with Crippen LogP contribution in [0.25, 0.3) is 0 Å². The minimum Gasteiger partial charge on any atom is -0.381 e. The molecule has 0 bridgehead atoms. The number of rotatable bonds is 4. The molecule has 0 aromatic carbocycles. The molecule has 0 aromatic heterocycles. The second-order valence-electron chi connectivity index (χ2n) is 7.08. The first kappa shape index (κ1) is 18.1. The number of nitrogens with zero attached hydrogens (tertiary/aromatic N) is 2. The summed E-state index contributed by atoms with van der Waals surface area (Å²) >= 11 is 0. The standard InChI is InChI=1S/C16H28N2O5S/c1-24(20,21)18-9-4-15(5-10-18)23-14-2-7-17(8-3-14)16(19)13-6-11-22-12-13/h13-15H,2-12H2,1H3. The van der Waals surface area contributed by atoms with Crippen LogP contribution in [0.3, 0.4) is 0 Å². The maximum Gasteiger partial charge on any atom is 0.228 e. The molecule has 0 aromatic rings. The third-order valence-corrected chi connectivity index (χ3v) is 6.59. The Balaban J connectivity index is 1.39. The molecule has 1 unspecified atom stereocenters. The Morgan fingerprint density at radius 3 is 2.08 bits per heavy atom. The average Bonchev–Trinajstić information content (AvgIpc) is 3.09. The molecule has 0 radical (unpaired) electrons. The molecule has 3 saturated heterocycles. The van der Waals surface area contributed by atoms with Gasteiger partial charge in [0.25, 0.3) is 0 Å². The Kier molecular flexibility index (Phi) is 5.79. The maximum absolute atomic E-state index is 12.4. The number of piperidine rings is 2. The molecule has 7 nitrogen and oxygen atoms in total. The van der Waals surface area contributed by atoms with Crippen LogP contribution < -0.4 is 0 Å². The molecule has 3 heterocycles. The van der Waals surface area contributed by atoms with Gasteiger partial charge < -0.3 is 14.4 Å². The average molecular weight is 360 g/mol. The van der Waals surface area contributed by atoms with Gasteiger partial charge in [-0.25, -0.2) is 12.7 Å². The van der Waals surface area contributed by atoms with Crippen molar-refractivity contribution in [3.8, 4) is 0 Å². The molecule has 8 heteroatoms. The molecule has 138 valence electrons. The summed E-state index contributed by atoms with van der Waals surface area (Å²) in [5, 5.41) is 0. The monoisotopic (exact) mass is 360 g/mol. The van der Waals surface area contributed by atoms with Crippen LogP contribution in [0.4, 0.5) is 0 Å². The fourth-order valence-electron chi connectivity index (χ4n) is 3.77. The van der Waals surface area contributed by atoms with E-state index in [1.807, 2.05) is 4.90 Å². The van der Waals surface area contributed by atoms with Gasteiger partial charge in [0.2, 0.25) is 15.9 Å².